The first-order valence-electron chi connectivity index (χ1n) is 5.90. The fourth-order valence-corrected chi connectivity index (χ4v) is 2.01. The zero-order valence-corrected chi connectivity index (χ0v) is 10.8. The Labute approximate surface area is 113 Å². The van der Waals surface area contributed by atoms with Gasteiger partial charge >= 0.3 is 5.97 Å². The van der Waals surface area contributed by atoms with Gasteiger partial charge in [0.25, 0.3) is 5.69 Å². The molecule has 0 amide bonds. The number of hydrogen-bond donors (Lipinski definition) is 2. The fourth-order valence-electron chi connectivity index (χ4n) is 2.01. The van der Waals surface area contributed by atoms with Crippen molar-refractivity contribution in [3.8, 4) is 0 Å². The Bertz CT molecular complexity index is 776. The summed E-state index contributed by atoms with van der Waals surface area (Å²) in [6.45, 7) is 3.69. The lowest BCUT2D eigenvalue weighted by Crippen LogP contribution is -2.11. The molecule has 0 aliphatic rings. The smallest absolute Gasteiger partial charge is 0.336 e. The van der Waals surface area contributed by atoms with E-state index in [0.717, 1.165) is 6.07 Å². The number of fused-ring (bicyclic) bond motifs is 1. The van der Waals surface area contributed by atoms with Crippen LogP contribution in [0.25, 0.3) is 10.9 Å². The summed E-state index contributed by atoms with van der Waals surface area (Å²) in [6.07, 6.45) is 0. The number of H-pyrrole nitrogens is 1. The molecular weight excluding hydrogens is 264 g/mol. The van der Waals surface area contributed by atoms with Gasteiger partial charge in [-0.1, -0.05) is 13.8 Å². The van der Waals surface area contributed by atoms with Crippen molar-refractivity contribution in [3.05, 3.63) is 49.8 Å². The lowest BCUT2D eigenvalue weighted by atomic mass is 9.98. The summed E-state index contributed by atoms with van der Waals surface area (Å²) in [5.41, 5.74) is -0.654. The Kier molecular flexibility index (Phi) is 3.27. The first-order chi connectivity index (χ1) is 9.31. The number of nitro benzene ring substituents is 1. The van der Waals surface area contributed by atoms with Crippen LogP contribution in [0.4, 0.5) is 5.69 Å². The average molecular weight is 276 g/mol. The van der Waals surface area contributed by atoms with Crippen LogP contribution in [0.1, 0.15) is 35.7 Å². The van der Waals surface area contributed by atoms with Crippen LogP contribution < -0.4 is 5.56 Å². The Morgan fingerprint density at radius 1 is 1.35 bits per heavy atom. The monoisotopic (exact) mass is 276 g/mol. The molecule has 0 saturated heterocycles. The molecule has 1 aromatic heterocycles. The number of aromatic amines is 1. The summed E-state index contributed by atoms with van der Waals surface area (Å²) < 4.78 is 0. The highest BCUT2D eigenvalue weighted by Gasteiger charge is 2.20. The number of pyridine rings is 1. The van der Waals surface area contributed by atoms with Crippen LogP contribution in [0.15, 0.2) is 23.0 Å². The van der Waals surface area contributed by atoms with Crippen molar-refractivity contribution in [1.82, 2.24) is 4.98 Å². The predicted molar refractivity (Wildman–Crippen MR) is 72.3 cm³/mol. The molecule has 2 N–H and O–H groups in total. The average Bonchev–Trinajstić information content (AvgIpc) is 2.35. The quantitative estimate of drug-likeness (QED) is 0.659. The standard InChI is InChI=1S/C13H12N2O5/c1-6(2)7-3-8-9(13(17)18)5-11(16)14-12(8)10(4-7)15(19)20/h3-6H,1-2H3,(H,14,16)(H,17,18). The molecule has 0 spiro atoms. The van der Waals surface area contributed by atoms with Gasteiger partial charge < -0.3 is 10.1 Å². The fraction of sp³-hybridized carbons (Fsp3) is 0.231. The molecule has 0 saturated carbocycles. The second kappa shape index (κ2) is 4.76. The Morgan fingerprint density at radius 2 is 2.00 bits per heavy atom. The van der Waals surface area contributed by atoms with Gasteiger partial charge in [-0.05, 0) is 17.5 Å². The Hall–Kier alpha value is -2.70. The number of carbonyl (C=O) groups is 1. The molecule has 104 valence electrons. The highest BCUT2D eigenvalue weighted by Crippen LogP contribution is 2.30. The van der Waals surface area contributed by atoms with Crippen molar-refractivity contribution >= 4 is 22.6 Å². The maximum Gasteiger partial charge on any atom is 0.336 e. The summed E-state index contributed by atoms with van der Waals surface area (Å²) in [5, 5.41) is 20.4. The molecule has 20 heavy (non-hydrogen) atoms. The number of nitrogens with one attached hydrogen (secondary N) is 1. The normalized spacial score (nSPS) is 10.9. The van der Waals surface area contributed by atoms with E-state index in [9.17, 15) is 19.7 Å². The molecule has 0 radical (unpaired) electrons. The van der Waals surface area contributed by atoms with E-state index in [1.165, 1.54) is 6.07 Å². The highest BCUT2D eigenvalue weighted by atomic mass is 16.6. The van der Waals surface area contributed by atoms with Gasteiger partial charge in [-0.2, -0.15) is 0 Å². The predicted octanol–water partition coefficient (Wildman–Crippen LogP) is 2.26. The molecule has 7 heteroatoms. The number of nitrogens with zero attached hydrogens (tertiary/aromatic N) is 1. The van der Waals surface area contributed by atoms with Gasteiger partial charge in [-0.3, -0.25) is 14.9 Å². The summed E-state index contributed by atoms with van der Waals surface area (Å²) in [7, 11) is 0. The number of non-ortho nitro benzene ring substituents is 1. The number of carboxylic acids is 1. The number of rotatable bonds is 3. The summed E-state index contributed by atoms with van der Waals surface area (Å²) in [5.74, 6) is -1.30. The summed E-state index contributed by atoms with van der Waals surface area (Å²) in [6, 6.07) is 3.85. The molecule has 1 heterocycles. The number of hydrogen-bond acceptors (Lipinski definition) is 4. The maximum absolute atomic E-state index is 11.5. The van der Waals surface area contributed by atoms with E-state index in [-0.39, 0.29) is 28.1 Å². The SMILES string of the molecule is CC(C)c1cc([N+](=O)[O-])c2[nH]c(=O)cc(C(=O)O)c2c1. The summed E-state index contributed by atoms with van der Waals surface area (Å²) in [4.78, 5) is 35.5. The molecule has 1 aromatic carbocycles. The van der Waals surface area contributed by atoms with Gasteiger partial charge in [-0.25, -0.2) is 4.79 Å². The van der Waals surface area contributed by atoms with Crippen LogP contribution in [0.2, 0.25) is 0 Å². The Balaban J connectivity index is 3.00. The molecule has 0 unspecified atom stereocenters. The van der Waals surface area contributed by atoms with Crippen molar-refractivity contribution in [1.29, 1.82) is 0 Å². The van der Waals surface area contributed by atoms with E-state index in [2.05, 4.69) is 4.98 Å². The number of aromatic carboxylic acids is 1. The molecule has 0 aliphatic carbocycles. The van der Waals surface area contributed by atoms with Crippen molar-refractivity contribution in [2.45, 2.75) is 19.8 Å². The van der Waals surface area contributed by atoms with Gasteiger partial charge in [-0.15, -0.1) is 0 Å². The lowest BCUT2D eigenvalue weighted by molar-refractivity contribution is -0.383. The largest absolute Gasteiger partial charge is 0.478 e. The van der Waals surface area contributed by atoms with Crippen molar-refractivity contribution in [3.63, 3.8) is 0 Å². The van der Waals surface area contributed by atoms with Gasteiger partial charge in [0.15, 0.2) is 0 Å². The van der Waals surface area contributed by atoms with Crippen LogP contribution in [-0.2, 0) is 0 Å². The second-order valence-corrected chi connectivity index (χ2v) is 4.73. The minimum atomic E-state index is -1.30. The van der Waals surface area contributed by atoms with Crippen LogP contribution in [0.3, 0.4) is 0 Å². The second-order valence-electron chi connectivity index (χ2n) is 4.73. The number of carboxylic acid groups (broad SMARTS) is 1. The minimum absolute atomic E-state index is 0.00771. The molecule has 2 rings (SSSR count). The zero-order chi connectivity index (χ0) is 15.0. The maximum atomic E-state index is 11.5. The minimum Gasteiger partial charge on any atom is -0.478 e. The number of aromatic nitrogens is 1. The Morgan fingerprint density at radius 3 is 2.50 bits per heavy atom. The van der Waals surface area contributed by atoms with Gasteiger partial charge in [0, 0.05) is 17.5 Å². The lowest BCUT2D eigenvalue weighted by Gasteiger charge is -2.09. The number of nitro groups is 1. The van der Waals surface area contributed by atoms with E-state index in [4.69, 9.17) is 5.11 Å². The van der Waals surface area contributed by atoms with Crippen LogP contribution >= 0.6 is 0 Å². The number of benzene rings is 1. The first-order valence-corrected chi connectivity index (χ1v) is 5.90. The zero-order valence-electron chi connectivity index (χ0n) is 10.8. The summed E-state index contributed by atoms with van der Waals surface area (Å²) >= 11 is 0. The molecule has 2 aromatic rings. The third-order valence-electron chi connectivity index (χ3n) is 3.05. The van der Waals surface area contributed by atoms with Crippen LogP contribution in [0, 0.1) is 10.1 Å². The topological polar surface area (TPSA) is 113 Å². The third-order valence-corrected chi connectivity index (χ3v) is 3.05. The van der Waals surface area contributed by atoms with Crippen molar-refractivity contribution < 1.29 is 14.8 Å². The van der Waals surface area contributed by atoms with E-state index in [1.54, 1.807) is 6.07 Å². The van der Waals surface area contributed by atoms with Gasteiger partial charge in [0.05, 0.1) is 10.5 Å². The molecule has 0 atom stereocenters. The van der Waals surface area contributed by atoms with Gasteiger partial charge in [0.1, 0.15) is 5.52 Å². The molecule has 7 nitrogen and oxygen atoms in total. The van der Waals surface area contributed by atoms with E-state index in [1.807, 2.05) is 13.8 Å². The first kappa shape index (κ1) is 13.7. The van der Waals surface area contributed by atoms with Gasteiger partial charge in [0.2, 0.25) is 5.56 Å². The molecule has 0 fully saturated rings. The third kappa shape index (κ3) is 2.25. The molecular formula is C13H12N2O5. The van der Waals surface area contributed by atoms with E-state index >= 15 is 0 Å². The molecule has 0 aliphatic heterocycles. The van der Waals surface area contributed by atoms with E-state index in [0.29, 0.717) is 5.56 Å². The van der Waals surface area contributed by atoms with Crippen LogP contribution in [-0.4, -0.2) is 21.0 Å². The van der Waals surface area contributed by atoms with Crippen molar-refractivity contribution in [2.75, 3.05) is 0 Å². The highest BCUT2D eigenvalue weighted by molar-refractivity contribution is 6.04. The van der Waals surface area contributed by atoms with E-state index < -0.39 is 16.5 Å². The van der Waals surface area contributed by atoms with Crippen LogP contribution in [0.5, 0.6) is 0 Å². The molecule has 0 bridgehead atoms. The van der Waals surface area contributed by atoms with Crippen molar-refractivity contribution in [2.24, 2.45) is 0 Å².